The van der Waals surface area contributed by atoms with Gasteiger partial charge in [0.1, 0.15) is 0 Å². The topological polar surface area (TPSA) is 90.8 Å². The maximum atomic E-state index is 12.6. The summed E-state index contributed by atoms with van der Waals surface area (Å²) in [6.07, 6.45) is 4.75. The lowest BCUT2D eigenvalue weighted by Crippen LogP contribution is -2.43. The Labute approximate surface area is 124 Å². The Kier molecular flexibility index (Phi) is 4.92. The molecule has 1 aromatic heterocycles. The molecular weight excluding hydrogens is 294 g/mol. The Balaban J connectivity index is 2.11. The van der Waals surface area contributed by atoms with Gasteiger partial charge in [-0.15, -0.1) is 0 Å². The molecule has 2 rings (SSSR count). The van der Waals surface area contributed by atoms with Crippen LogP contribution in [0.2, 0.25) is 0 Å². The number of carboxylic acids is 1. The van der Waals surface area contributed by atoms with Gasteiger partial charge in [-0.1, -0.05) is 6.07 Å². The van der Waals surface area contributed by atoms with Crippen LogP contribution >= 0.6 is 0 Å². The van der Waals surface area contributed by atoms with Gasteiger partial charge in [-0.25, -0.2) is 0 Å². The van der Waals surface area contributed by atoms with E-state index in [0.29, 0.717) is 0 Å². The van der Waals surface area contributed by atoms with Crippen LogP contribution in [0, 0.1) is 0 Å². The molecule has 1 aliphatic rings. The van der Waals surface area contributed by atoms with Crippen molar-refractivity contribution in [2.75, 3.05) is 13.6 Å². The Morgan fingerprint density at radius 3 is 2.71 bits per heavy atom. The normalized spacial score (nSPS) is 15.6. The van der Waals surface area contributed by atoms with E-state index in [0.717, 1.165) is 22.7 Å². The van der Waals surface area contributed by atoms with E-state index in [-0.39, 0.29) is 25.6 Å². The zero-order valence-corrected chi connectivity index (χ0v) is 12.7. The molecule has 1 heterocycles. The van der Waals surface area contributed by atoms with Crippen LogP contribution in [0.5, 0.6) is 0 Å². The molecule has 0 radical (unpaired) electrons. The van der Waals surface area contributed by atoms with Crippen LogP contribution in [0.25, 0.3) is 0 Å². The summed E-state index contributed by atoms with van der Waals surface area (Å²) in [6.45, 7) is 0.228. The van der Waals surface area contributed by atoms with Gasteiger partial charge < -0.3 is 5.11 Å². The Bertz CT molecular complexity index is 587. The van der Waals surface area contributed by atoms with Crippen molar-refractivity contribution in [2.24, 2.45) is 0 Å². The van der Waals surface area contributed by atoms with Crippen LogP contribution < -0.4 is 0 Å². The van der Waals surface area contributed by atoms with E-state index in [9.17, 15) is 13.2 Å². The highest BCUT2D eigenvalue weighted by Gasteiger charge is 2.39. The summed E-state index contributed by atoms with van der Waals surface area (Å²) in [7, 11) is -2.24. The first kappa shape index (κ1) is 15.9. The molecule has 0 bridgehead atoms. The molecule has 0 spiro atoms. The molecule has 0 aromatic carbocycles. The van der Waals surface area contributed by atoms with Gasteiger partial charge in [-0.3, -0.25) is 9.78 Å². The molecule has 0 aliphatic heterocycles. The fraction of sp³-hybridized carbons (Fsp3) is 0.538. The number of nitrogens with zero attached hydrogens (tertiary/aromatic N) is 3. The summed E-state index contributed by atoms with van der Waals surface area (Å²) in [5, 5.41) is 8.68. The van der Waals surface area contributed by atoms with Gasteiger partial charge >= 0.3 is 5.97 Å². The number of aromatic nitrogens is 1. The summed E-state index contributed by atoms with van der Waals surface area (Å²) in [5.41, 5.74) is 0.819. The first-order valence-corrected chi connectivity index (χ1v) is 8.15. The Hall–Kier alpha value is -1.51. The van der Waals surface area contributed by atoms with Crippen molar-refractivity contribution in [3.05, 3.63) is 30.1 Å². The standard InChI is InChI=1S/C13H19N3O4S/c1-15(8-6-13(17)18)21(19,20)16(12-4-5-12)10-11-3-2-7-14-9-11/h2-3,7,9,12H,4-6,8,10H2,1H3,(H,17,18). The molecule has 0 atom stereocenters. The van der Waals surface area contributed by atoms with E-state index in [1.54, 1.807) is 18.5 Å². The molecule has 116 valence electrons. The average molecular weight is 313 g/mol. The van der Waals surface area contributed by atoms with E-state index < -0.39 is 16.2 Å². The van der Waals surface area contributed by atoms with Crippen LogP contribution in [-0.2, 0) is 21.5 Å². The second-order valence-electron chi connectivity index (χ2n) is 5.11. The van der Waals surface area contributed by atoms with Crippen LogP contribution in [-0.4, -0.2) is 52.7 Å². The third-order valence-corrected chi connectivity index (χ3v) is 5.34. The van der Waals surface area contributed by atoms with Crippen molar-refractivity contribution in [3.63, 3.8) is 0 Å². The predicted molar refractivity (Wildman–Crippen MR) is 76.6 cm³/mol. The average Bonchev–Trinajstić information content (AvgIpc) is 3.27. The molecule has 0 amide bonds. The number of pyridine rings is 1. The highest BCUT2D eigenvalue weighted by atomic mass is 32.2. The fourth-order valence-electron chi connectivity index (χ4n) is 1.98. The van der Waals surface area contributed by atoms with Crippen LogP contribution in [0.3, 0.4) is 0 Å². The fourth-order valence-corrected chi connectivity index (χ4v) is 3.56. The first-order valence-electron chi connectivity index (χ1n) is 6.75. The van der Waals surface area contributed by atoms with E-state index in [1.165, 1.54) is 11.4 Å². The number of aliphatic carboxylic acids is 1. The molecular formula is C13H19N3O4S. The minimum absolute atomic E-state index is 0.00230. The minimum atomic E-state index is -3.66. The highest BCUT2D eigenvalue weighted by molar-refractivity contribution is 7.86. The lowest BCUT2D eigenvalue weighted by Gasteiger charge is -2.27. The molecule has 7 nitrogen and oxygen atoms in total. The monoisotopic (exact) mass is 313 g/mol. The quantitative estimate of drug-likeness (QED) is 0.763. The van der Waals surface area contributed by atoms with E-state index in [1.807, 2.05) is 6.07 Å². The lowest BCUT2D eigenvalue weighted by molar-refractivity contribution is -0.137. The number of rotatable bonds is 8. The van der Waals surface area contributed by atoms with Crippen molar-refractivity contribution < 1.29 is 18.3 Å². The summed E-state index contributed by atoms with van der Waals surface area (Å²) in [6, 6.07) is 3.60. The Morgan fingerprint density at radius 2 is 2.19 bits per heavy atom. The molecule has 1 N–H and O–H groups in total. The first-order chi connectivity index (χ1) is 9.91. The number of carboxylic acid groups (broad SMARTS) is 1. The van der Waals surface area contributed by atoms with Crippen LogP contribution in [0.1, 0.15) is 24.8 Å². The summed E-state index contributed by atoms with van der Waals surface area (Å²) in [4.78, 5) is 14.6. The highest BCUT2D eigenvalue weighted by Crippen LogP contribution is 2.31. The molecule has 0 saturated heterocycles. The molecule has 1 saturated carbocycles. The molecule has 0 unspecified atom stereocenters. The van der Waals surface area contributed by atoms with Gasteiger partial charge in [0.25, 0.3) is 10.2 Å². The lowest BCUT2D eigenvalue weighted by atomic mass is 10.3. The predicted octanol–water partition coefficient (Wildman–Crippen LogP) is 0.697. The third-order valence-electron chi connectivity index (χ3n) is 3.35. The van der Waals surface area contributed by atoms with Gasteiger partial charge in [0, 0.05) is 38.6 Å². The van der Waals surface area contributed by atoms with Gasteiger partial charge in [-0.05, 0) is 24.5 Å². The van der Waals surface area contributed by atoms with E-state index >= 15 is 0 Å². The van der Waals surface area contributed by atoms with Crippen molar-refractivity contribution in [2.45, 2.75) is 31.8 Å². The smallest absolute Gasteiger partial charge is 0.304 e. The largest absolute Gasteiger partial charge is 0.481 e. The molecule has 1 fully saturated rings. The number of carbonyl (C=O) groups is 1. The zero-order valence-electron chi connectivity index (χ0n) is 11.8. The molecule has 1 aliphatic carbocycles. The second kappa shape index (κ2) is 6.50. The SMILES string of the molecule is CN(CCC(=O)O)S(=O)(=O)N(Cc1cccnc1)C1CC1. The van der Waals surface area contributed by atoms with E-state index in [4.69, 9.17) is 5.11 Å². The van der Waals surface area contributed by atoms with Gasteiger partial charge in [0.15, 0.2) is 0 Å². The van der Waals surface area contributed by atoms with Crippen molar-refractivity contribution in [1.29, 1.82) is 0 Å². The third kappa shape index (κ3) is 4.23. The number of hydrogen-bond acceptors (Lipinski definition) is 4. The van der Waals surface area contributed by atoms with Crippen LogP contribution in [0.15, 0.2) is 24.5 Å². The number of hydrogen-bond donors (Lipinski definition) is 1. The maximum absolute atomic E-state index is 12.6. The van der Waals surface area contributed by atoms with E-state index in [2.05, 4.69) is 4.98 Å². The zero-order chi connectivity index (χ0) is 15.5. The van der Waals surface area contributed by atoms with Gasteiger partial charge in [0.2, 0.25) is 0 Å². The molecule has 8 heteroatoms. The van der Waals surface area contributed by atoms with Crippen molar-refractivity contribution >= 4 is 16.2 Å². The van der Waals surface area contributed by atoms with Crippen molar-refractivity contribution in [1.82, 2.24) is 13.6 Å². The molecule has 21 heavy (non-hydrogen) atoms. The summed E-state index contributed by atoms with van der Waals surface area (Å²) in [5.74, 6) is -1.01. The van der Waals surface area contributed by atoms with Gasteiger partial charge in [-0.2, -0.15) is 17.0 Å². The minimum Gasteiger partial charge on any atom is -0.481 e. The summed E-state index contributed by atoms with van der Waals surface area (Å²) < 4.78 is 27.7. The maximum Gasteiger partial charge on any atom is 0.304 e. The molecule has 1 aromatic rings. The summed E-state index contributed by atoms with van der Waals surface area (Å²) >= 11 is 0. The van der Waals surface area contributed by atoms with Gasteiger partial charge in [0.05, 0.1) is 6.42 Å². The second-order valence-corrected chi connectivity index (χ2v) is 7.10. The van der Waals surface area contributed by atoms with Crippen molar-refractivity contribution in [3.8, 4) is 0 Å². The van der Waals surface area contributed by atoms with Crippen LogP contribution in [0.4, 0.5) is 0 Å². The Morgan fingerprint density at radius 1 is 1.48 bits per heavy atom.